The molecule has 0 aromatic heterocycles. The van der Waals surface area contributed by atoms with Crippen LogP contribution in [0.15, 0.2) is 110 Å². The van der Waals surface area contributed by atoms with Crippen molar-refractivity contribution in [1.29, 1.82) is 0 Å². The summed E-state index contributed by atoms with van der Waals surface area (Å²) in [7, 11) is 0. The number of benzene rings is 4. The van der Waals surface area contributed by atoms with Crippen molar-refractivity contribution in [3.8, 4) is 16.9 Å². The summed E-state index contributed by atoms with van der Waals surface area (Å²) in [5.41, 5.74) is 5.13. The van der Waals surface area contributed by atoms with Gasteiger partial charge in [0.15, 0.2) is 6.61 Å². The van der Waals surface area contributed by atoms with Gasteiger partial charge in [0.1, 0.15) is 5.75 Å². The summed E-state index contributed by atoms with van der Waals surface area (Å²) in [5, 5.41) is 5.77. The standard InChI is InChI=1S/C38H39N3O4/c1-6-22-39-35(43)24-45-32-19-16-30(17-20-32)38(5)25-37(3,4)41(26(2)42)34-21-18-31(23-33(34)38)40-36(44)29-14-12-28(13-15-29)27-10-8-7-9-11-27/h6-21,23H,1,22,24-25H2,2-5H3,(H,39,43)(H,40,44). The van der Waals surface area contributed by atoms with Crippen molar-refractivity contribution in [3.63, 3.8) is 0 Å². The second-order valence-corrected chi connectivity index (χ2v) is 12.2. The first-order valence-electron chi connectivity index (χ1n) is 15.0. The zero-order valence-electron chi connectivity index (χ0n) is 26.2. The van der Waals surface area contributed by atoms with Crippen LogP contribution in [-0.2, 0) is 15.0 Å². The first-order valence-corrected chi connectivity index (χ1v) is 15.0. The summed E-state index contributed by atoms with van der Waals surface area (Å²) >= 11 is 0. The average molecular weight is 602 g/mol. The molecule has 3 amide bonds. The minimum Gasteiger partial charge on any atom is -0.484 e. The number of hydrogen-bond acceptors (Lipinski definition) is 4. The molecule has 5 rings (SSSR count). The fourth-order valence-electron chi connectivity index (χ4n) is 6.42. The van der Waals surface area contributed by atoms with Crippen molar-refractivity contribution in [1.82, 2.24) is 5.32 Å². The molecule has 0 spiro atoms. The fraction of sp³-hybridized carbons (Fsp3) is 0.237. The van der Waals surface area contributed by atoms with E-state index < -0.39 is 11.0 Å². The molecule has 0 saturated carbocycles. The Morgan fingerprint density at radius 2 is 1.56 bits per heavy atom. The molecule has 1 aliphatic rings. The lowest BCUT2D eigenvalue weighted by Gasteiger charge is -2.51. The molecule has 0 radical (unpaired) electrons. The number of amides is 3. The van der Waals surface area contributed by atoms with Crippen LogP contribution in [0.25, 0.3) is 11.1 Å². The van der Waals surface area contributed by atoms with E-state index in [4.69, 9.17) is 4.74 Å². The summed E-state index contributed by atoms with van der Waals surface area (Å²) < 4.78 is 5.69. The lowest BCUT2D eigenvalue weighted by atomic mass is 9.65. The topological polar surface area (TPSA) is 87.7 Å². The van der Waals surface area contributed by atoms with Crippen LogP contribution < -0.4 is 20.3 Å². The van der Waals surface area contributed by atoms with Crippen LogP contribution in [-0.4, -0.2) is 36.4 Å². The van der Waals surface area contributed by atoms with Gasteiger partial charge in [-0.25, -0.2) is 0 Å². The van der Waals surface area contributed by atoms with Crippen molar-refractivity contribution in [2.75, 3.05) is 23.4 Å². The summed E-state index contributed by atoms with van der Waals surface area (Å²) in [6.07, 6.45) is 2.26. The average Bonchev–Trinajstić information content (AvgIpc) is 3.03. The van der Waals surface area contributed by atoms with E-state index in [1.807, 2.05) is 102 Å². The van der Waals surface area contributed by atoms with Crippen molar-refractivity contribution in [2.24, 2.45) is 0 Å². The molecule has 4 aromatic carbocycles. The Bertz CT molecular complexity index is 1710. The molecule has 1 unspecified atom stereocenters. The fourth-order valence-corrected chi connectivity index (χ4v) is 6.42. The summed E-state index contributed by atoms with van der Waals surface area (Å²) in [6.45, 7) is 11.8. The van der Waals surface area contributed by atoms with Crippen LogP contribution in [0.1, 0.15) is 55.6 Å². The third kappa shape index (κ3) is 6.68. The molecule has 2 N–H and O–H groups in total. The number of hydrogen-bond donors (Lipinski definition) is 2. The minimum atomic E-state index is -0.497. The second kappa shape index (κ2) is 12.8. The van der Waals surface area contributed by atoms with Gasteiger partial charge in [-0.2, -0.15) is 0 Å². The predicted molar refractivity (Wildman–Crippen MR) is 180 cm³/mol. The van der Waals surface area contributed by atoms with E-state index >= 15 is 0 Å². The van der Waals surface area contributed by atoms with Gasteiger partial charge in [-0.3, -0.25) is 14.4 Å². The predicted octanol–water partition coefficient (Wildman–Crippen LogP) is 7.13. The third-order valence-electron chi connectivity index (χ3n) is 8.36. The number of ether oxygens (including phenoxy) is 1. The zero-order valence-corrected chi connectivity index (χ0v) is 26.2. The number of rotatable bonds is 9. The highest BCUT2D eigenvalue weighted by molar-refractivity contribution is 6.05. The Balaban J connectivity index is 1.43. The van der Waals surface area contributed by atoms with Gasteiger partial charge < -0.3 is 20.3 Å². The summed E-state index contributed by atoms with van der Waals surface area (Å²) in [5.74, 6) is 0.0996. The Morgan fingerprint density at radius 3 is 2.20 bits per heavy atom. The molecule has 4 aromatic rings. The molecule has 45 heavy (non-hydrogen) atoms. The minimum absolute atomic E-state index is 0.0444. The quantitative estimate of drug-likeness (QED) is 0.200. The van der Waals surface area contributed by atoms with E-state index in [1.54, 1.807) is 13.0 Å². The van der Waals surface area contributed by atoms with Crippen molar-refractivity contribution in [2.45, 2.75) is 45.1 Å². The van der Waals surface area contributed by atoms with Gasteiger partial charge in [0, 0.05) is 41.4 Å². The largest absolute Gasteiger partial charge is 0.484 e. The van der Waals surface area contributed by atoms with Gasteiger partial charge >= 0.3 is 0 Å². The van der Waals surface area contributed by atoms with Crippen LogP contribution >= 0.6 is 0 Å². The number of anilines is 2. The zero-order chi connectivity index (χ0) is 32.2. The monoisotopic (exact) mass is 601 g/mol. The molecular formula is C38H39N3O4. The van der Waals surface area contributed by atoms with E-state index in [9.17, 15) is 14.4 Å². The maximum atomic E-state index is 13.3. The molecular weight excluding hydrogens is 562 g/mol. The first kappa shape index (κ1) is 31.3. The lowest BCUT2D eigenvalue weighted by molar-refractivity contribution is -0.123. The van der Waals surface area contributed by atoms with Gasteiger partial charge in [-0.15, -0.1) is 6.58 Å². The normalized spacial score (nSPS) is 16.7. The highest BCUT2D eigenvalue weighted by atomic mass is 16.5. The van der Waals surface area contributed by atoms with Gasteiger partial charge in [-0.05, 0) is 85.0 Å². The molecule has 1 atom stereocenters. The van der Waals surface area contributed by atoms with E-state index in [2.05, 4.69) is 38.0 Å². The van der Waals surface area contributed by atoms with Crippen molar-refractivity contribution >= 4 is 29.1 Å². The Morgan fingerprint density at radius 1 is 0.889 bits per heavy atom. The lowest BCUT2D eigenvalue weighted by Crippen LogP contribution is -2.55. The van der Waals surface area contributed by atoms with Crippen LogP contribution in [0, 0.1) is 0 Å². The molecule has 7 heteroatoms. The Kier molecular flexibility index (Phi) is 8.91. The number of nitrogens with one attached hydrogen (secondary N) is 2. The number of carbonyl (C=O) groups excluding carboxylic acids is 3. The first-order chi connectivity index (χ1) is 21.5. The van der Waals surface area contributed by atoms with Crippen molar-refractivity contribution in [3.05, 3.63) is 126 Å². The SMILES string of the molecule is C=CCNC(=O)COc1ccc(C2(C)CC(C)(C)N(C(C)=O)c3ccc(NC(=O)c4ccc(-c5ccccc5)cc4)cc32)cc1. The second-order valence-electron chi connectivity index (χ2n) is 12.2. The van der Waals surface area contributed by atoms with E-state index in [-0.39, 0.29) is 24.3 Å². The molecule has 0 fully saturated rings. The van der Waals surface area contributed by atoms with Gasteiger partial charge in [0.05, 0.1) is 0 Å². The van der Waals surface area contributed by atoms with E-state index in [0.717, 1.165) is 27.9 Å². The molecule has 1 heterocycles. The molecule has 0 saturated heterocycles. The number of fused-ring (bicyclic) bond motifs is 1. The Labute approximate surface area is 264 Å². The highest BCUT2D eigenvalue weighted by Gasteiger charge is 2.47. The Hall–Kier alpha value is -5.17. The third-order valence-corrected chi connectivity index (χ3v) is 8.36. The van der Waals surface area contributed by atoms with Gasteiger partial charge in [0.25, 0.3) is 11.8 Å². The maximum Gasteiger partial charge on any atom is 0.258 e. The maximum absolute atomic E-state index is 13.3. The summed E-state index contributed by atoms with van der Waals surface area (Å²) in [4.78, 5) is 40.1. The highest BCUT2D eigenvalue weighted by Crippen LogP contribution is 2.51. The molecule has 230 valence electrons. The smallest absolute Gasteiger partial charge is 0.258 e. The van der Waals surface area contributed by atoms with Crippen LogP contribution in [0.5, 0.6) is 5.75 Å². The summed E-state index contributed by atoms with van der Waals surface area (Å²) in [6, 6.07) is 31.0. The van der Waals surface area contributed by atoms with Gasteiger partial charge in [-0.1, -0.05) is 67.6 Å². The van der Waals surface area contributed by atoms with E-state index in [1.165, 1.54) is 0 Å². The van der Waals surface area contributed by atoms with Crippen LogP contribution in [0.2, 0.25) is 0 Å². The molecule has 1 aliphatic heterocycles. The molecule has 0 bridgehead atoms. The number of nitrogens with zero attached hydrogens (tertiary/aromatic N) is 1. The van der Waals surface area contributed by atoms with Gasteiger partial charge in [0.2, 0.25) is 5.91 Å². The number of carbonyl (C=O) groups is 3. The molecule has 7 nitrogen and oxygen atoms in total. The van der Waals surface area contributed by atoms with Crippen molar-refractivity contribution < 1.29 is 19.1 Å². The van der Waals surface area contributed by atoms with Crippen LogP contribution in [0.4, 0.5) is 11.4 Å². The van der Waals surface area contributed by atoms with Crippen LogP contribution in [0.3, 0.4) is 0 Å². The van der Waals surface area contributed by atoms with E-state index in [0.29, 0.717) is 30.0 Å². The molecule has 0 aliphatic carbocycles.